The van der Waals surface area contributed by atoms with Crippen LogP contribution in [0, 0.1) is 6.92 Å². The highest BCUT2D eigenvalue weighted by Crippen LogP contribution is 2.40. The molecule has 1 aliphatic carbocycles. The molecule has 1 nitrogen and oxygen atoms in total. The maximum absolute atomic E-state index is 11.5. The van der Waals surface area contributed by atoms with Crippen molar-refractivity contribution < 1.29 is 4.79 Å². The molecular formula is C15H17ClO. The van der Waals surface area contributed by atoms with Crippen LogP contribution in [0.4, 0.5) is 0 Å². The highest BCUT2D eigenvalue weighted by molar-refractivity contribution is 6.31. The second kappa shape index (κ2) is 4.66. The Morgan fingerprint density at radius 2 is 2.00 bits per heavy atom. The van der Waals surface area contributed by atoms with Crippen LogP contribution < -0.4 is 0 Å². The molecule has 0 unspecified atom stereocenters. The van der Waals surface area contributed by atoms with Crippen molar-refractivity contribution in [2.45, 2.75) is 38.0 Å². The summed E-state index contributed by atoms with van der Waals surface area (Å²) in [5, 5.41) is 0.759. The summed E-state index contributed by atoms with van der Waals surface area (Å²) in [5.41, 5.74) is 3.07. The smallest absolute Gasteiger partial charge is 0.130 e. The van der Waals surface area contributed by atoms with E-state index in [0.29, 0.717) is 0 Å². The molecule has 90 valence electrons. The Bertz CT molecular complexity index is 452. The Hall–Kier alpha value is -1.08. The van der Waals surface area contributed by atoms with Gasteiger partial charge in [-0.05, 0) is 49.8 Å². The lowest BCUT2D eigenvalue weighted by Crippen LogP contribution is -2.31. The molecule has 1 aliphatic rings. The molecule has 0 spiro atoms. The molecule has 2 heteroatoms. The molecular weight excluding hydrogens is 232 g/mol. The fraction of sp³-hybridized carbons (Fsp3) is 0.400. The van der Waals surface area contributed by atoms with Crippen molar-refractivity contribution in [1.82, 2.24) is 0 Å². The van der Waals surface area contributed by atoms with Gasteiger partial charge in [0.15, 0.2) is 0 Å². The molecule has 0 heterocycles. The van der Waals surface area contributed by atoms with E-state index in [0.717, 1.165) is 48.1 Å². The van der Waals surface area contributed by atoms with Crippen LogP contribution in [0.2, 0.25) is 5.02 Å². The highest BCUT2D eigenvalue weighted by Gasteiger charge is 2.34. The topological polar surface area (TPSA) is 17.1 Å². The van der Waals surface area contributed by atoms with Gasteiger partial charge in [-0.3, -0.25) is 0 Å². The zero-order valence-electron chi connectivity index (χ0n) is 10.1. The fourth-order valence-corrected chi connectivity index (χ4v) is 2.60. The minimum Gasteiger partial charge on any atom is -0.302 e. The maximum atomic E-state index is 11.5. The molecule has 0 amide bonds. The average Bonchev–Trinajstić information content (AvgIpc) is 2.34. The lowest BCUT2D eigenvalue weighted by atomic mass is 9.69. The predicted octanol–water partition coefficient (Wildman–Crippen LogP) is 4.22. The zero-order valence-corrected chi connectivity index (χ0v) is 10.9. The van der Waals surface area contributed by atoms with Gasteiger partial charge in [0.1, 0.15) is 6.29 Å². The van der Waals surface area contributed by atoms with E-state index >= 15 is 0 Å². The Labute approximate surface area is 107 Å². The number of carbonyl (C=O) groups is 1. The van der Waals surface area contributed by atoms with Crippen molar-refractivity contribution in [3.63, 3.8) is 0 Å². The highest BCUT2D eigenvalue weighted by atomic mass is 35.5. The molecule has 1 aromatic carbocycles. The number of allylic oxidation sites excluding steroid dienone is 1. The summed E-state index contributed by atoms with van der Waals surface area (Å²) in [5.74, 6) is 0. The summed E-state index contributed by atoms with van der Waals surface area (Å²) in [6, 6.07) is 5.92. The quantitative estimate of drug-likeness (QED) is 0.566. The maximum Gasteiger partial charge on any atom is 0.130 e. The van der Waals surface area contributed by atoms with Gasteiger partial charge in [-0.15, -0.1) is 0 Å². The molecule has 2 rings (SSSR count). The third kappa shape index (κ3) is 2.30. The summed E-state index contributed by atoms with van der Waals surface area (Å²) in [4.78, 5) is 11.5. The van der Waals surface area contributed by atoms with Crippen LogP contribution in [-0.2, 0) is 10.2 Å². The summed E-state index contributed by atoms with van der Waals surface area (Å²) in [6.07, 6.45) is 4.75. The van der Waals surface area contributed by atoms with Gasteiger partial charge in [-0.2, -0.15) is 0 Å². The van der Waals surface area contributed by atoms with Crippen molar-refractivity contribution >= 4 is 17.9 Å². The average molecular weight is 249 g/mol. The molecule has 0 radical (unpaired) electrons. The molecule has 0 N–H and O–H groups in total. The second-order valence-corrected chi connectivity index (χ2v) is 5.40. The van der Waals surface area contributed by atoms with E-state index in [-0.39, 0.29) is 5.41 Å². The Kier molecular flexibility index (Phi) is 3.39. The van der Waals surface area contributed by atoms with E-state index < -0.39 is 0 Å². The molecule has 0 saturated heterocycles. The Balaban J connectivity index is 2.37. The van der Waals surface area contributed by atoms with E-state index in [1.54, 1.807) is 0 Å². The van der Waals surface area contributed by atoms with Crippen molar-refractivity contribution in [2.24, 2.45) is 0 Å². The van der Waals surface area contributed by atoms with Crippen molar-refractivity contribution in [3.05, 3.63) is 46.5 Å². The normalized spacial score (nSPS) is 19.1. The Morgan fingerprint density at radius 1 is 1.35 bits per heavy atom. The van der Waals surface area contributed by atoms with Gasteiger partial charge in [0.05, 0.1) is 5.41 Å². The van der Waals surface area contributed by atoms with Gasteiger partial charge in [0, 0.05) is 5.02 Å². The third-order valence-corrected chi connectivity index (χ3v) is 4.23. The molecule has 0 aliphatic heterocycles. The third-order valence-electron chi connectivity index (χ3n) is 3.81. The lowest BCUT2D eigenvalue weighted by molar-refractivity contribution is -0.113. The van der Waals surface area contributed by atoms with Gasteiger partial charge in [-0.25, -0.2) is 0 Å². The first-order valence-corrected chi connectivity index (χ1v) is 6.35. The minimum absolute atomic E-state index is 0.323. The van der Waals surface area contributed by atoms with E-state index in [1.165, 1.54) is 5.57 Å². The van der Waals surface area contributed by atoms with Crippen LogP contribution in [0.25, 0.3) is 0 Å². The lowest BCUT2D eigenvalue weighted by Gasteiger charge is -2.33. The van der Waals surface area contributed by atoms with Crippen molar-refractivity contribution in [3.8, 4) is 0 Å². The molecule has 0 bridgehead atoms. The summed E-state index contributed by atoms with van der Waals surface area (Å²) < 4.78 is 0. The van der Waals surface area contributed by atoms with Crippen LogP contribution in [0.5, 0.6) is 0 Å². The largest absolute Gasteiger partial charge is 0.302 e. The zero-order chi connectivity index (χ0) is 12.5. The monoisotopic (exact) mass is 248 g/mol. The number of rotatable bonds is 2. The first kappa shape index (κ1) is 12.4. The van der Waals surface area contributed by atoms with E-state index in [9.17, 15) is 4.79 Å². The molecule has 1 aromatic rings. The number of carbonyl (C=O) groups excluding carboxylic acids is 1. The number of aldehydes is 1. The predicted molar refractivity (Wildman–Crippen MR) is 71.5 cm³/mol. The number of aryl methyl sites for hydroxylation is 1. The van der Waals surface area contributed by atoms with E-state index in [2.05, 4.69) is 6.58 Å². The van der Waals surface area contributed by atoms with Crippen molar-refractivity contribution in [1.29, 1.82) is 0 Å². The molecule has 0 atom stereocenters. The van der Waals surface area contributed by atoms with Crippen LogP contribution in [0.15, 0.2) is 30.4 Å². The van der Waals surface area contributed by atoms with E-state index in [4.69, 9.17) is 11.6 Å². The second-order valence-electron chi connectivity index (χ2n) is 4.99. The van der Waals surface area contributed by atoms with Crippen LogP contribution in [-0.4, -0.2) is 6.29 Å². The summed E-state index contributed by atoms with van der Waals surface area (Å²) in [6.45, 7) is 5.98. The van der Waals surface area contributed by atoms with Gasteiger partial charge < -0.3 is 4.79 Å². The summed E-state index contributed by atoms with van der Waals surface area (Å²) in [7, 11) is 0. The standard InChI is InChI=1S/C15H17ClO/c1-11-5-7-15(10-17,8-6-11)13-3-4-14(16)12(2)9-13/h3-4,9-10H,1,5-8H2,2H3. The van der Waals surface area contributed by atoms with Crippen LogP contribution in [0.1, 0.15) is 36.8 Å². The fourth-order valence-electron chi connectivity index (χ4n) is 2.48. The van der Waals surface area contributed by atoms with Gasteiger partial charge >= 0.3 is 0 Å². The minimum atomic E-state index is -0.323. The van der Waals surface area contributed by atoms with Gasteiger partial charge in [0.2, 0.25) is 0 Å². The first-order chi connectivity index (χ1) is 8.07. The number of benzene rings is 1. The Morgan fingerprint density at radius 3 is 2.53 bits per heavy atom. The molecule has 17 heavy (non-hydrogen) atoms. The van der Waals surface area contributed by atoms with Gasteiger partial charge in [0.25, 0.3) is 0 Å². The number of halogens is 1. The van der Waals surface area contributed by atoms with Crippen molar-refractivity contribution in [2.75, 3.05) is 0 Å². The van der Waals surface area contributed by atoms with Gasteiger partial charge in [-0.1, -0.05) is 35.9 Å². The van der Waals surface area contributed by atoms with Crippen LogP contribution in [0.3, 0.4) is 0 Å². The molecule has 1 fully saturated rings. The van der Waals surface area contributed by atoms with Crippen LogP contribution >= 0.6 is 11.6 Å². The molecule has 1 saturated carbocycles. The number of hydrogen-bond acceptors (Lipinski definition) is 1. The first-order valence-electron chi connectivity index (χ1n) is 5.97. The summed E-state index contributed by atoms with van der Waals surface area (Å²) >= 11 is 6.03. The molecule has 0 aromatic heterocycles. The number of hydrogen-bond donors (Lipinski definition) is 0. The van der Waals surface area contributed by atoms with E-state index in [1.807, 2.05) is 25.1 Å². The SMILES string of the molecule is C=C1CCC(C=O)(c2ccc(Cl)c(C)c2)CC1.